The second-order valence-corrected chi connectivity index (χ2v) is 35.4. The lowest BCUT2D eigenvalue weighted by Crippen LogP contribution is -2.54. The minimum absolute atomic E-state index is 0.124. The lowest BCUT2D eigenvalue weighted by molar-refractivity contribution is 0.0435. The molecule has 0 radical (unpaired) electrons. The molecule has 0 aliphatic carbocycles. The quantitative estimate of drug-likeness (QED) is 0.0838. The molecule has 0 atom stereocenters. The number of nitrogen functional groups attached to an aromatic ring is 1. The van der Waals surface area contributed by atoms with Gasteiger partial charge in [-0.1, -0.05) is 70.7 Å². The van der Waals surface area contributed by atoms with E-state index in [0.29, 0.717) is 56.5 Å². The summed E-state index contributed by atoms with van der Waals surface area (Å²) in [6, 6.07) is 11.1. The Bertz CT molecular complexity index is 4770. The fourth-order valence-corrected chi connectivity index (χ4v) is 14.4. The van der Waals surface area contributed by atoms with E-state index in [2.05, 4.69) is 126 Å². The molecule has 9 aromatic rings. The number of fused-ring (bicyclic) bond motifs is 3. The van der Waals surface area contributed by atoms with E-state index in [1.54, 1.807) is 32.0 Å². The molecule has 3 amide bonds. The summed E-state index contributed by atoms with van der Waals surface area (Å²) in [4.78, 5) is 81.6. The highest BCUT2D eigenvalue weighted by Gasteiger charge is 2.39. The summed E-state index contributed by atoms with van der Waals surface area (Å²) in [6.45, 7) is 38.8. The average molecular weight is 1710 g/mol. The molecule has 35 heteroatoms. The van der Waals surface area contributed by atoms with Crippen LogP contribution >= 0.6 is 78.3 Å². The van der Waals surface area contributed by atoms with Crippen molar-refractivity contribution in [2.24, 2.45) is 5.73 Å². The van der Waals surface area contributed by atoms with Gasteiger partial charge in [-0.15, -0.1) is 0 Å². The minimum atomic E-state index is -0.533. The van der Waals surface area contributed by atoms with Gasteiger partial charge in [-0.05, 0) is 213 Å². The number of carbonyl (C=O) groups is 3. The number of nitrogens with two attached hydrogens (primary N) is 2. The summed E-state index contributed by atoms with van der Waals surface area (Å²) >= 11 is 32.3. The van der Waals surface area contributed by atoms with Gasteiger partial charge in [-0.25, -0.2) is 49.3 Å². The maximum Gasteiger partial charge on any atom is 0.408 e. The third kappa shape index (κ3) is 20.6. The fraction of sp³-hybridized carbons (Fsp3) is 0.541. The minimum Gasteiger partial charge on any atom is -0.444 e. The number of nitrogens with one attached hydrogen (secondary N) is 3. The largest absolute Gasteiger partial charge is 0.444 e. The van der Waals surface area contributed by atoms with Crippen molar-refractivity contribution in [3.63, 3.8) is 0 Å². The van der Waals surface area contributed by atoms with Crippen LogP contribution in [-0.2, 0) is 14.2 Å². The van der Waals surface area contributed by atoms with Crippen molar-refractivity contribution in [2.75, 3.05) is 77.7 Å². The molecule has 7 N–H and O–H groups in total. The predicted octanol–water partition coefficient (Wildman–Crippen LogP) is 15.1. The van der Waals surface area contributed by atoms with Gasteiger partial charge in [-0.3, -0.25) is 0 Å². The molecule has 2 aromatic carbocycles. The SMILES string of the molecule is Cc1nc(N2CCC(C)(N)CC2)n2ncnc2c1-c1cccc(Cl)c1Cl.Cc1nc(N2CCC(C)(NC(=O)OC(C)(C)C)CC2)n2ncnc2c1-c1cccc(Cl)c1Cl.Cc1nc(N2CCC(C)(NC(=O)OC(C)(C)C)CC2)n2ncnc2c1Br.Cc1nc(N2CCC(C)(NC(=O)OC(C)(C)C)CC2)nc(N)c1Br. The van der Waals surface area contributed by atoms with Crippen molar-refractivity contribution in [3.8, 4) is 22.3 Å². The Morgan fingerprint density at radius 3 is 1.11 bits per heavy atom. The van der Waals surface area contributed by atoms with Gasteiger partial charge in [-0.2, -0.15) is 33.8 Å². The zero-order valence-corrected chi connectivity index (χ0v) is 71.1. The monoisotopic (exact) mass is 1700 g/mol. The molecule has 4 aliphatic heterocycles. The lowest BCUT2D eigenvalue weighted by Gasteiger charge is -2.40. The topological polar surface area (TPSA) is 335 Å². The highest BCUT2D eigenvalue weighted by atomic mass is 79.9. The Kier molecular flexibility index (Phi) is 25.4. The molecule has 0 bridgehead atoms. The maximum absolute atomic E-state index is 12.3. The number of amides is 3. The number of halogens is 6. The number of benzene rings is 2. The van der Waals surface area contributed by atoms with Crippen LogP contribution in [0.5, 0.6) is 0 Å². The first-order valence-corrected chi connectivity index (χ1v) is 39.3. The first-order valence-electron chi connectivity index (χ1n) is 36.2. The molecule has 588 valence electrons. The van der Waals surface area contributed by atoms with Crippen LogP contribution in [0, 0.1) is 27.7 Å². The van der Waals surface area contributed by atoms with Crippen LogP contribution in [0.3, 0.4) is 0 Å². The Labute approximate surface area is 672 Å². The van der Waals surface area contributed by atoms with E-state index in [1.807, 2.05) is 128 Å². The number of alkyl carbamates (subject to hydrolysis) is 3. The van der Waals surface area contributed by atoms with Gasteiger partial charge in [0.2, 0.25) is 23.8 Å². The Morgan fingerprint density at radius 1 is 0.450 bits per heavy atom. The van der Waals surface area contributed by atoms with E-state index >= 15 is 0 Å². The van der Waals surface area contributed by atoms with Gasteiger partial charge in [0.1, 0.15) is 41.6 Å². The molecule has 7 aromatic heterocycles. The van der Waals surface area contributed by atoms with Crippen LogP contribution in [0.25, 0.3) is 39.2 Å². The highest BCUT2D eigenvalue weighted by molar-refractivity contribution is 9.11. The molecule has 4 fully saturated rings. The highest BCUT2D eigenvalue weighted by Crippen LogP contribution is 2.41. The standard InChI is InChI=1S/C23H28Cl2N6O2.C18H20Cl2N6.C17H25BrN6O2.C16H26BrN5O2/c1-14-17(15-7-6-8-16(24)18(15)25)19-26-13-27-31(19)20(28-14)30-11-9-23(5,10-12-30)29-21(32)33-22(2,3)4;1-11-14(12-4-3-5-13(19)15(12)20)16-22-10-23-26(16)17(24-11)25-8-6-18(2,21)7-9-25;1-11-12(18)13-19-10-20-24(13)14(21-11)23-8-6-17(5,7-9-23)22-15(25)26-16(2,3)4;1-10-11(17)12(18)20-13(19-10)22-8-6-16(5,7-9-22)21-14(23)24-15(2,3)4/h6-8,13H,9-12H2,1-5H3,(H,29,32);3-5,10H,6-9,21H2,1-2H3;10H,6-9H2,1-5H3,(H,22,25);6-9H2,1-5H3,(H,21,23)(H2,18,19,20). The fourth-order valence-electron chi connectivity index (χ4n) is 13.1. The summed E-state index contributed by atoms with van der Waals surface area (Å²) in [5.41, 5.74) is 18.2. The number of hydrogen-bond donors (Lipinski definition) is 5. The van der Waals surface area contributed by atoms with Crippen LogP contribution in [-0.4, -0.2) is 178 Å². The van der Waals surface area contributed by atoms with Crippen molar-refractivity contribution in [2.45, 2.75) is 208 Å². The van der Waals surface area contributed by atoms with Crippen LogP contribution in [0.1, 0.15) is 164 Å². The number of piperidine rings is 4. The number of ether oxygens (including phenoxy) is 3. The molecule has 11 heterocycles. The van der Waals surface area contributed by atoms with Gasteiger partial charge < -0.3 is 61.2 Å². The molecule has 4 aliphatic rings. The smallest absolute Gasteiger partial charge is 0.408 e. The maximum atomic E-state index is 12.3. The summed E-state index contributed by atoms with van der Waals surface area (Å²) in [5.74, 6) is 3.34. The van der Waals surface area contributed by atoms with Crippen molar-refractivity contribution in [1.82, 2.24) is 84.7 Å². The number of anilines is 5. The molecule has 0 saturated carbocycles. The summed E-state index contributed by atoms with van der Waals surface area (Å²) in [7, 11) is 0. The summed E-state index contributed by atoms with van der Waals surface area (Å²) in [5, 5.41) is 24.1. The Balaban J connectivity index is 0.000000156. The van der Waals surface area contributed by atoms with Gasteiger partial charge in [0.05, 0.1) is 51.8 Å². The number of aryl methyl sites for hydroxylation is 4. The van der Waals surface area contributed by atoms with Crippen LogP contribution in [0.15, 0.2) is 64.3 Å². The third-order valence-corrected chi connectivity index (χ3v) is 22.8. The van der Waals surface area contributed by atoms with Crippen molar-refractivity contribution in [3.05, 3.63) is 107 Å². The molecule has 0 unspecified atom stereocenters. The molecule has 13 rings (SSSR count). The van der Waals surface area contributed by atoms with E-state index in [-0.39, 0.29) is 34.3 Å². The second-order valence-electron chi connectivity index (χ2n) is 32.2. The number of aromatic nitrogens is 14. The van der Waals surface area contributed by atoms with Gasteiger partial charge in [0, 0.05) is 96.8 Å². The first-order chi connectivity index (χ1) is 50.9. The van der Waals surface area contributed by atoms with Crippen LogP contribution < -0.4 is 47.0 Å². The first kappa shape index (κ1) is 83.5. The summed E-state index contributed by atoms with van der Waals surface area (Å²) < 4.78 is 23.0. The van der Waals surface area contributed by atoms with Gasteiger partial charge in [0.15, 0.2) is 16.9 Å². The van der Waals surface area contributed by atoms with Crippen molar-refractivity contribution in [1.29, 1.82) is 0 Å². The van der Waals surface area contributed by atoms with E-state index in [1.165, 1.54) is 12.7 Å². The van der Waals surface area contributed by atoms with E-state index < -0.39 is 22.9 Å². The van der Waals surface area contributed by atoms with Gasteiger partial charge >= 0.3 is 18.3 Å². The number of nitrogens with zero attached hydrogens (tertiary/aromatic N) is 18. The molecule has 4 saturated heterocycles. The van der Waals surface area contributed by atoms with Gasteiger partial charge in [0.25, 0.3) is 0 Å². The molecular formula is C74H99Br2Cl4N23O6. The number of carbonyl (C=O) groups excluding carboxylic acids is 3. The number of hydrogen-bond acceptors (Lipinski definition) is 23. The zero-order chi connectivity index (χ0) is 79.7. The van der Waals surface area contributed by atoms with Crippen molar-refractivity contribution >= 4 is 143 Å². The van der Waals surface area contributed by atoms with Crippen molar-refractivity contribution < 1.29 is 28.6 Å². The number of rotatable bonds is 9. The second kappa shape index (κ2) is 33.2. The molecular weight excluding hydrogens is 1610 g/mol. The van der Waals surface area contributed by atoms with E-state index in [9.17, 15) is 14.4 Å². The Hall–Kier alpha value is -7.94. The average Bonchev–Trinajstić information content (AvgIpc) is 1.71. The van der Waals surface area contributed by atoms with E-state index in [0.717, 1.165) is 168 Å². The Morgan fingerprint density at radius 2 is 0.761 bits per heavy atom. The lowest BCUT2D eigenvalue weighted by atomic mass is 9.90. The molecule has 109 heavy (non-hydrogen) atoms. The normalized spacial score (nSPS) is 17.0. The third-order valence-electron chi connectivity index (χ3n) is 19.2. The molecule has 29 nitrogen and oxygen atoms in total. The van der Waals surface area contributed by atoms with E-state index in [4.69, 9.17) is 82.0 Å². The van der Waals surface area contributed by atoms with Crippen LogP contribution in [0.2, 0.25) is 20.1 Å². The summed E-state index contributed by atoms with van der Waals surface area (Å²) in [6.07, 6.45) is 9.89. The molecule has 0 spiro atoms. The van der Waals surface area contributed by atoms with Crippen LogP contribution in [0.4, 0.5) is 44.0 Å². The predicted molar refractivity (Wildman–Crippen MR) is 436 cm³/mol. The zero-order valence-electron chi connectivity index (χ0n) is 64.9.